The van der Waals surface area contributed by atoms with Crippen LogP contribution >= 0.6 is 11.3 Å². The van der Waals surface area contributed by atoms with Crippen LogP contribution in [0.2, 0.25) is 0 Å². The molecule has 1 heterocycles. The number of nitrogens with one attached hydrogen (secondary N) is 1. The summed E-state index contributed by atoms with van der Waals surface area (Å²) >= 11 is 1.03. The third-order valence-corrected chi connectivity index (χ3v) is 6.75. The molecule has 7 nitrogen and oxygen atoms in total. The summed E-state index contributed by atoms with van der Waals surface area (Å²) < 4.78 is 16.4. The van der Waals surface area contributed by atoms with Gasteiger partial charge in [-0.15, -0.1) is 11.3 Å². The highest BCUT2D eigenvalue weighted by Gasteiger charge is 2.29. The van der Waals surface area contributed by atoms with Crippen molar-refractivity contribution in [2.75, 3.05) is 18.5 Å². The predicted octanol–water partition coefficient (Wildman–Crippen LogP) is 5.30. The molecule has 0 radical (unpaired) electrons. The molecule has 1 aromatic carbocycles. The van der Waals surface area contributed by atoms with Crippen LogP contribution in [0.1, 0.15) is 77.1 Å². The molecule has 1 aromatic heterocycles. The van der Waals surface area contributed by atoms with Gasteiger partial charge in [-0.3, -0.25) is 4.79 Å². The van der Waals surface area contributed by atoms with Gasteiger partial charge in [0.25, 0.3) is 5.91 Å². The molecule has 0 atom stereocenters. The van der Waals surface area contributed by atoms with Crippen LogP contribution in [-0.2, 0) is 20.7 Å². The van der Waals surface area contributed by atoms with Crippen molar-refractivity contribution in [1.82, 2.24) is 0 Å². The number of hydrogen-bond donors (Lipinski definition) is 1. The number of thiophene rings is 1. The fourth-order valence-electron chi connectivity index (χ4n) is 3.80. The Morgan fingerprint density at radius 2 is 1.85 bits per heavy atom. The first-order valence-corrected chi connectivity index (χ1v) is 12.3. The van der Waals surface area contributed by atoms with Gasteiger partial charge in [0.05, 0.1) is 12.2 Å². The first-order chi connectivity index (χ1) is 15.9. The summed E-state index contributed by atoms with van der Waals surface area (Å²) in [7, 11) is 0. The molecule has 1 saturated carbocycles. The maximum atomic E-state index is 12.8. The molecule has 0 unspecified atom stereocenters. The largest absolute Gasteiger partial charge is 0.484 e. The maximum absolute atomic E-state index is 12.8. The van der Waals surface area contributed by atoms with Crippen LogP contribution in [0.15, 0.2) is 24.3 Å². The second-order valence-corrected chi connectivity index (χ2v) is 9.00. The van der Waals surface area contributed by atoms with Crippen molar-refractivity contribution in [3.8, 4) is 5.75 Å². The van der Waals surface area contributed by atoms with Crippen molar-refractivity contribution >= 4 is 34.2 Å². The van der Waals surface area contributed by atoms with Crippen LogP contribution in [0.4, 0.5) is 5.00 Å². The number of hydrogen-bond acceptors (Lipinski definition) is 7. The monoisotopic (exact) mass is 473 g/mol. The maximum Gasteiger partial charge on any atom is 0.348 e. The van der Waals surface area contributed by atoms with Crippen LogP contribution in [-0.4, -0.2) is 37.2 Å². The molecule has 1 aliphatic rings. The third kappa shape index (κ3) is 6.57. The molecule has 0 spiro atoms. The lowest BCUT2D eigenvalue weighted by molar-refractivity contribution is -0.118. The fraction of sp³-hybridized carbons (Fsp3) is 0.480. The van der Waals surface area contributed by atoms with Gasteiger partial charge in [-0.05, 0) is 69.2 Å². The van der Waals surface area contributed by atoms with E-state index in [1.807, 2.05) is 25.1 Å². The van der Waals surface area contributed by atoms with Gasteiger partial charge in [0.1, 0.15) is 21.7 Å². The number of carbonyl (C=O) groups is 3. The Bertz CT molecular complexity index is 993. The van der Waals surface area contributed by atoms with E-state index in [0.29, 0.717) is 16.2 Å². The van der Waals surface area contributed by atoms with Gasteiger partial charge in [-0.25, -0.2) is 9.59 Å². The molecule has 1 N–H and O–H groups in total. The summed E-state index contributed by atoms with van der Waals surface area (Å²) in [6.07, 6.45) is 5.68. The minimum absolute atomic E-state index is 0.107. The average molecular weight is 474 g/mol. The van der Waals surface area contributed by atoms with Crippen molar-refractivity contribution < 1.29 is 28.6 Å². The molecule has 0 aliphatic heterocycles. The van der Waals surface area contributed by atoms with Crippen LogP contribution < -0.4 is 10.1 Å². The Morgan fingerprint density at radius 1 is 1.09 bits per heavy atom. The van der Waals surface area contributed by atoms with E-state index in [0.717, 1.165) is 55.4 Å². The van der Waals surface area contributed by atoms with Crippen molar-refractivity contribution in [3.63, 3.8) is 0 Å². The Labute approximate surface area is 198 Å². The summed E-state index contributed by atoms with van der Waals surface area (Å²) in [5.41, 5.74) is 1.73. The van der Waals surface area contributed by atoms with Gasteiger partial charge >= 0.3 is 11.9 Å². The van der Waals surface area contributed by atoms with Crippen LogP contribution in [0.5, 0.6) is 5.75 Å². The molecule has 178 valence electrons. The zero-order valence-corrected chi connectivity index (χ0v) is 20.2. The topological polar surface area (TPSA) is 90.9 Å². The zero-order valence-electron chi connectivity index (χ0n) is 19.4. The van der Waals surface area contributed by atoms with Crippen molar-refractivity contribution in [2.45, 2.75) is 65.4 Å². The zero-order chi connectivity index (χ0) is 23.8. The number of carbonyl (C=O) groups excluding carboxylic acids is 3. The SMILES string of the molecule is CCOC(=O)c1c(NC(=O)COc2cccc(CC)c2)sc(C(=O)OC2CCCCC2)c1C. The first kappa shape index (κ1) is 24.8. The number of esters is 2. The van der Waals surface area contributed by atoms with E-state index in [9.17, 15) is 14.4 Å². The summed E-state index contributed by atoms with van der Waals surface area (Å²) in [6.45, 7) is 5.37. The Balaban J connectivity index is 1.74. The second-order valence-electron chi connectivity index (χ2n) is 7.98. The molecule has 8 heteroatoms. The lowest BCUT2D eigenvalue weighted by Gasteiger charge is -2.21. The van der Waals surface area contributed by atoms with Gasteiger partial charge in [0, 0.05) is 0 Å². The number of rotatable bonds is 9. The quantitative estimate of drug-likeness (QED) is 0.497. The van der Waals surface area contributed by atoms with E-state index in [4.69, 9.17) is 14.2 Å². The number of ether oxygens (including phenoxy) is 3. The van der Waals surface area contributed by atoms with Gasteiger partial charge in [0.15, 0.2) is 6.61 Å². The molecular formula is C25H31NO6S. The number of aryl methyl sites for hydroxylation is 1. The van der Waals surface area contributed by atoms with Gasteiger partial charge in [-0.1, -0.05) is 25.5 Å². The average Bonchev–Trinajstić information content (AvgIpc) is 3.14. The number of benzene rings is 1. The summed E-state index contributed by atoms with van der Waals surface area (Å²) in [6, 6.07) is 7.52. The number of amides is 1. The summed E-state index contributed by atoms with van der Waals surface area (Å²) in [4.78, 5) is 38.3. The summed E-state index contributed by atoms with van der Waals surface area (Å²) in [5, 5.41) is 2.98. The molecule has 3 rings (SSSR count). The van der Waals surface area contributed by atoms with Crippen LogP contribution in [0.3, 0.4) is 0 Å². The Kier molecular flexibility index (Phi) is 8.88. The minimum atomic E-state index is -0.588. The highest BCUT2D eigenvalue weighted by molar-refractivity contribution is 7.18. The first-order valence-electron chi connectivity index (χ1n) is 11.5. The van der Waals surface area contributed by atoms with Crippen molar-refractivity contribution in [2.24, 2.45) is 0 Å². The van der Waals surface area contributed by atoms with E-state index >= 15 is 0 Å². The summed E-state index contributed by atoms with van der Waals surface area (Å²) in [5.74, 6) is -0.900. The predicted molar refractivity (Wildman–Crippen MR) is 127 cm³/mol. The van der Waals surface area contributed by atoms with E-state index in [2.05, 4.69) is 5.32 Å². The van der Waals surface area contributed by atoms with Gasteiger partial charge in [-0.2, -0.15) is 0 Å². The molecular weight excluding hydrogens is 442 g/mol. The molecule has 0 bridgehead atoms. The van der Waals surface area contributed by atoms with Crippen LogP contribution in [0.25, 0.3) is 0 Å². The normalized spacial score (nSPS) is 13.9. The van der Waals surface area contributed by atoms with Gasteiger partial charge < -0.3 is 19.5 Å². The molecule has 2 aromatic rings. The lowest BCUT2D eigenvalue weighted by atomic mass is 9.98. The Hall–Kier alpha value is -2.87. The van der Waals surface area contributed by atoms with E-state index < -0.39 is 17.8 Å². The molecule has 0 saturated heterocycles. The number of anilines is 1. The van der Waals surface area contributed by atoms with Crippen molar-refractivity contribution in [1.29, 1.82) is 0 Å². The smallest absolute Gasteiger partial charge is 0.348 e. The third-order valence-electron chi connectivity index (χ3n) is 5.57. The minimum Gasteiger partial charge on any atom is -0.484 e. The molecule has 1 fully saturated rings. The lowest BCUT2D eigenvalue weighted by Crippen LogP contribution is -2.21. The second kappa shape index (κ2) is 11.8. The molecule has 1 aliphatic carbocycles. The highest BCUT2D eigenvalue weighted by Crippen LogP contribution is 2.35. The van der Waals surface area contributed by atoms with E-state index in [1.165, 1.54) is 0 Å². The van der Waals surface area contributed by atoms with E-state index in [1.54, 1.807) is 19.9 Å². The van der Waals surface area contributed by atoms with Crippen LogP contribution in [0, 0.1) is 6.92 Å². The van der Waals surface area contributed by atoms with Crippen molar-refractivity contribution in [3.05, 3.63) is 45.8 Å². The van der Waals surface area contributed by atoms with Gasteiger partial charge in [0.2, 0.25) is 0 Å². The standard InChI is InChI=1S/C25H31NO6S/c1-4-17-10-9-13-19(14-17)31-15-20(27)26-23-21(24(28)30-5-2)16(3)22(33-23)25(29)32-18-11-7-6-8-12-18/h9-10,13-14,18H,4-8,11-12,15H2,1-3H3,(H,26,27). The fourth-order valence-corrected chi connectivity index (χ4v) is 4.89. The molecule has 1 amide bonds. The van der Waals surface area contributed by atoms with E-state index in [-0.39, 0.29) is 29.9 Å². The Morgan fingerprint density at radius 3 is 2.55 bits per heavy atom. The highest BCUT2D eigenvalue weighted by atomic mass is 32.1. The molecule has 33 heavy (non-hydrogen) atoms.